The summed E-state index contributed by atoms with van der Waals surface area (Å²) < 4.78 is 24.5. The zero-order chi connectivity index (χ0) is 14.8. The van der Waals surface area contributed by atoms with Gasteiger partial charge in [-0.15, -0.1) is 11.3 Å². The molecule has 0 amide bonds. The Morgan fingerprint density at radius 3 is 2.50 bits per heavy atom. The first kappa shape index (κ1) is 15.9. The lowest BCUT2D eigenvalue weighted by Crippen LogP contribution is -2.47. The third kappa shape index (κ3) is 4.02. The molecule has 0 radical (unpaired) electrons. The summed E-state index contributed by atoms with van der Waals surface area (Å²) in [5, 5.41) is 3.17. The van der Waals surface area contributed by atoms with E-state index in [1.807, 2.05) is 18.4 Å². The number of nitrogens with one attached hydrogen (secondary N) is 1. The van der Waals surface area contributed by atoms with Crippen LogP contribution in [0.4, 0.5) is 0 Å². The predicted molar refractivity (Wildman–Crippen MR) is 83.5 cm³/mol. The molecule has 0 saturated carbocycles. The van der Waals surface area contributed by atoms with Crippen LogP contribution in [0.1, 0.15) is 15.3 Å². The van der Waals surface area contributed by atoms with Gasteiger partial charge in [0.2, 0.25) is 10.0 Å². The molecule has 1 saturated heterocycles. The van der Waals surface area contributed by atoms with Crippen LogP contribution >= 0.6 is 11.3 Å². The monoisotopic (exact) mass is 317 g/mol. The third-order valence-electron chi connectivity index (χ3n) is 3.62. The summed E-state index contributed by atoms with van der Waals surface area (Å²) in [6, 6.07) is 2.26. The van der Waals surface area contributed by atoms with Gasteiger partial charge in [0.05, 0.1) is 6.26 Å². The molecule has 0 atom stereocenters. The lowest BCUT2D eigenvalue weighted by Gasteiger charge is -2.33. The van der Waals surface area contributed by atoms with E-state index in [1.165, 1.54) is 21.6 Å². The van der Waals surface area contributed by atoms with E-state index in [-0.39, 0.29) is 0 Å². The van der Waals surface area contributed by atoms with E-state index in [2.05, 4.69) is 23.2 Å². The fourth-order valence-electron chi connectivity index (χ4n) is 2.47. The fraction of sp³-hybridized carbons (Fsp3) is 0.692. The summed E-state index contributed by atoms with van der Waals surface area (Å²) in [4.78, 5) is 5.05. The summed E-state index contributed by atoms with van der Waals surface area (Å²) >= 11 is 1.84. The van der Waals surface area contributed by atoms with Gasteiger partial charge in [-0.2, -0.15) is 4.31 Å². The summed E-state index contributed by atoms with van der Waals surface area (Å²) in [6.07, 6.45) is 1.29. The number of sulfonamides is 1. The van der Waals surface area contributed by atoms with E-state index in [0.29, 0.717) is 13.1 Å². The largest absolute Gasteiger partial charge is 0.315 e. The molecule has 2 rings (SSSR count). The number of aryl methyl sites for hydroxylation is 1. The Morgan fingerprint density at radius 2 is 1.95 bits per heavy atom. The van der Waals surface area contributed by atoms with Gasteiger partial charge in [0.1, 0.15) is 0 Å². The molecule has 0 aromatic carbocycles. The van der Waals surface area contributed by atoms with E-state index in [4.69, 9.17) is 0 Å². The Kier molecular flexibility index (Phi) is 5.19. The normalized spacial score (nSPS) is 18.6. The van der Waals surface area contributed by atoms with Crippen molar-refractivity contribution in [2.24, 2.45) is 0 Å². The zero-order valence-electron chi connectivity index (χ0n) is 12.3. The second-order valence-electron chi connectivity index (χ2n) is 5.26. The fourth-order valence-corrected chi connectivity index (χ4v) is 4.36. The lowest BCUT2D eigenvalue weighted by molar-refractivity contribution is 0.182. The zero-order valence-corrected chi connectivity index (χ0v) is 14.0. The molecular formula is C13H23N3O2S2. The average Bonchev–Trinajstić information content (AvgIpc) is 2.70. The van der Waals surface area contributed by atoms with Crippen molar-refractivity contribution in [3.8, 4) is 0 Å². The summed E-state index contributed by atoms with van der Waals surface area (Å²) in [6.45, 7) is 6.81. The maximum Gasteiger partial charge on any atom is 0.211 e. The summed E-state index contributed by atoms with van der Waals surface area (Å²) in [7, 11) is -1.08. The molecule has 1 fully saturated rings. The van der Waals surface area contributed by atoms with Crippen molar-refractivity contribution in [3.05, 3.63) is 21.4 Å². The highest BCUT2D eigenvalue weighted by Gasteiger charge is 2.23. The highest BCUT2D eigenvalue weighted by atomic mass is 32.2. The van der Waals surface area contributed by atoms with Crippen LogP contribution < -0.4 is 5.32 Å². The molecule has 0 bridgehead atoms. The van der Waals surface area contributed by atoms with Gasteiger partial charge >= 0.3 is 0 Å². The van der Waals surface area contributed by atoms with Gasteiger partial charge in [0.25, 0.3) is 0 Å². The molecular weight excluding hydrogens is 294 g/mol. The van der Waals surface area contributed by atoms with E-state index < -0.39 is 10.0 Å². The second-order valence-corrected chi connectivity index (χ2v) is 8.59. The minimum atomic E-state index is -3.03. The van der Waals surface area contributed by atoms with Crippen LogP contribution in [0.3, 0.4) is 0 Å². The molecule has 0 aliphatic carbocycles. The molecule has 7 heteroatoms. The number of thiophene rings is 1. The molecule has 1 N–H and O–H groups in total. The van der Waals surface area contributed by atoms with Gasteiger partial charge < -0.3 is 5.32 Å². The molecule has 2 heterocycles. The van der Waals surface area contributed by atoms with Crippen molar-refractivity contribution in [2.45, 2.75) is 20.0 Å². The van der Waals surface area contributed by atoms with Crippen LogP contribution in [0.2, 0.25) is 0 Å². The van der Waals surface area contributed by atoms with Gasteiger partial charge in [-0.25, -0.2) is 8.42 Å². The molecule has 1 aliphatic heterocycles. The minimum Gasteiger partial charge on any atom is -0.315 e. The molecule has 1 aromatic rings. The standard InChI is InChI=1S/C13H23N3O2S2/c1-11-12(8-13(19-11)9-14-2)10-15-4-6-16(7-5-15)20(3,17)18/h8,14H,4-7,9-10H2,1-3H3. The van der Waals surface area contributed by atoms with Gasteiger partial charge in [-0.1, -0.05) is 0 Å². The van der Waals surface area contributed by atoms with Crippen molar-refractivity contribution >= 4 is 21.4 Å². The average molecular weight is 317 g/mol. The van der Waals surface area contributed by atoms with Crippen LogP contribution in [-0.4, -0.2) is 57.1 Å². The predicted octanol–water partition coefficient (Wildman–Crippen LogP) is 0.853. The summed E-state index contributed by atoms with van der Waals surface area (Å²) in [5.74, 6) is 0. The maximum absolute atomic E-state index is 11.5. The Balaban J connectivity index is 1.92. The van der Waals surface area contributed by atoms with E-state index in [9.17, 15) is 8.42 Å². The number of rotatable bonds is 5. The first-order chi connectivity index (χ1) is 9.40. The van der Waals surface area contributed by atoms with Gasteiger partial charge in [-0.3, -0.25) is 4.90 Å². The molecule has 114 valence electrons. The quantitative estimate of drug-likeness (QED) is 0.875. The van der Waals surface area contributed by atoms with Crippen molar-refractivity contribution in [1.29, 1.82) is 0 Å². The molecule has 5 nitrogen and oxygen atoms in total. The summed E-state index contributed by atoms with van der Waals surface area (Å²) in [5.41, 5.74) is 1.37. The first-order valence-corrected chi connectivity index (χ1v) is 9.47. The Morgan fingerprint density at radius 1 is 1.30 bits per heavy atom. The van der Waals surface area contributed by atoms with Crippen LogP contribution in [0.5, 0.6) is 0 Å². The van der Waals surface area contributed by atoms with Crippen LogP contribution in [0.15, 0.2) is 6.07 Å². The van der Waals surface area contributed by atoms with Crippen molar-refractivity contribution in [2.75, 3.05) is 39.5 Å². The van der Waals surface area contributed by atoms with Gasteiger partial charge in [0, 0.05) is 49.0 Å². The maximum atomic E-state index is 11.5. The van der Waals surface area contributed by atoms with E-state index >= 15 is 0 Å². The van der Waals surface area contributed by atoms with Gasteiger partial charge in [0.15, 0.2) is 0 Å². The Labute approximate surface area is 125 Å². The van der Waals surface area contributed by atoms with Crippen LogP contribution in [0, 0.1) is 6.92 Å². The molecule has 0 unspecified atom stereocenters. The SMILES string of the molecule is CNCc1cc(CN2CCN(S(C)(=O)=O)CC2)c(C)s1. The molecule has 0 spiro atoms. The number of nitrogens with zero attached hydrogens (tertiary/aromatic N) is 2. The number of piperazine rings is 1. The van der Waals surface area contributed by atoms with Crippen molar-refractivity contribution < 1.29 is 8.42 Å². The smallest absolute Gasteiger partial charge is 0.211 e. The number of hydrogen-bond acceptors (Lipinski definition) is 5. The molecule has 20 heavy (non-hydrogen) atoms. The Bertz CT molecular complexity index is 546. The van der Waals surface area contributed by atoms with Crippen LogP contribution in [0.25, 0.3) is 0 Å². The van der Waals surface area contributed by atoms with Crippen molar-refractivity contribution in [3.63, 3.8) is 0 Å². The number of hydrogen-bond donors (Lipinski definition) is 1. The van der Waals surface area contributed by atoms with Crippen LogP contribution in [-0.2, 0) is 23.1 Å². The highest BCUT2D eigenvalue weighted by molar-refractivity contribution is 7.88. The second kappa shape index (κ2) is 6.53. The van der Waals surface area contributed by atoms with E-state index in [0.717, 1.165) is 26.2 Å². The third-order valence-corrected chi connectivity index (χ3v) is 6.01. The Hall–Kier alpha value is -0.470. The first-order valence-electron chi connectivity index (χ1n) is 6.80. The topological polar surface area (TPSA) is 52.6 Å². The lowest BCUT2D eigenvalue weighted by atomic mass is 10.2. The highest BCUT2D eigenvalue weighted by Crippen LogP contribution is 2.23. The van der Waals surface area contributed by atoms with Crippen molar-refractivity contribution in [1.82, 2.24) is 14.5 Å². The minimum absolute atomic E-state index is 0.603. The van der Waals surface area contributed by atoms with Gasteiger partial charge in [-0.05, 0) is 25.6 Å². The molecule has 1 aromatic heterocycles. The van der Waals surface area contributed by atoms with E-state index in [1.54, 1.807) is 4.31 Å². The molecule has 1 aliphatic rings.